The van der Waals surface area contributed by atoms with Crippen LogP contribution in [0.25, 0.3) is 11.3 Å². The average molecular weight is 490 g/mol. The third-order valence-electron chi connectivity index (χ3n) is 4.72. The number of carbonyl (C=O) groups excluding carboxylic acids is 1. The fraction of sp³-hybridized carbons (Fsp3) is 0.0870. The zero-order valence-electron chi connectivity index (χ0n) is 17.3. The van der Waals surface area contributed by atoms with Gasteiger partial charge in [0.15, 0.2) is 5.76 Å². The van der Waals surface area contributed by atoms with Crippen LogP contribution in [0.4, 0.5) is 18.9 Å². The Balaban J connectivity index is 1.47. The smallest absolute Gasteiger partial charge is 0.416 e. The second-order valence-electron chi connectivity index (χ2n) is 7.13. The molecule has 176 valence electrons. The summed E-state index contributed by atoms with van der Waals surface area (Å²) in [7, 11) is -3.88. The number of halogens is 3. The maximum atomic E-state index is 12.9. The van der Waals surface area contributed by atoms with Gasteiger partial charge in [0.1, 0.15) is 11.5 Å². The number of carbonyl (C=O) groups is 1. The first-order valence-corrected chi connectivity index (χ1v) is 11.3. The van der Waals surface area contributed by atoms with Crippen molar-refractivity contribution in [3.05, 3.63) is 96.1 Å². The molecule has 0 aliphatic carbocycles. The van der Waals surface area contributed by atoms with Gasteiger partial charge in [0.05, 0.1) is 23.3 Å². The number of benzene rings is 2. The van der Waals surface area contributed by atoms with Crippen LogP contribution in [0, 0.1) is 0 Å². The summed E-state index contributed by atoms with van der Waals surface area (Å²) >= 11 is 0. The summed E-state index contributed by atoms with van der Waals surface area (Å²) in [5.41, 5.74) is -0.501. The van der Waals surface area contributed by atoms with Crippen molar-refractivity contribution < 1.29 is 35.2 Å². The lowest BCUT2D eigenvalue weighted by molar-refractivity contribution is -0.137. The standard InChI is InChI=1S/C23H17F3N2O5S/c24-23(25,26)16-5-1-4-15(12-16)20-9-10-21(33-20)22(29)28-17-6-2-8-19(13-17)34(30,31)27-14-18-7-3-11-32-18/h1-13,27H,14H2,(H,28,29). The van der Waals surface area contributed by atoms with E-state index in [1.54, 1.807) is 12.1 Å². The first-order valence-electron chi connectivity index (χ1n) is 9.83. The van der Waals surface area contributed by atoms with E-state index in [0.29, 0.717) is 5.76 Å². The first-order chi connectivity index (χ1) is 16.1. The molecular weight excluding hydrogens is 473 g/mol. The molecule has 1 amide bonds. The van der Waals surface area contributed by atoms with Crippen LogP contribution in [0.2, 0.25) is 0 Å². The molecule has 0 saturated heterocycles. The molecule has 34 heavy (non-hydrogen) atoms. The Morgan fingerprint density at radius 1 is 0.941 bits per heavy atom. The Bertz CT molecular complexity index is 1410. The van der Waals surface area contributed by atoms with Crippen LogP contribution < -0.4 is 10.0 Å². The molecule has 0 atom stereocenters. The molecule has 0 unspecified atom stereocenters. The number of sulfonamides is 1. The lowest BCUT2D eigenvalue weighted by Gasteiger charge is -2.08. The molecule has 7 nitrogen and oxygen atoms in total. The average Bonchev–Trinajstić information content (AvgIpc) is 3.50. The van der Waals surface area contributed by atoms with Gasteiger partial charge in [0.2, 0.25) is 10.0 Å². The molecule has 0 fully saturated rings. The van der Waals surface area contributed by atoms with E-state index in [0.717, 1.165) is 12.1 Å². The Morgan fingerprint density at radius 2 is 1.74 bits per heavy atom. The summed E-state index contributed by atoms with van der Waals surface area (Å²) in [5.74, 6) is -0.343. The summed E-state index contributed by atoms with van der Waals surface area (Å²) in [5, 5.41) is 2.52. The van der Waals surface area contributed by atoms with Crippen molar-refractivity contribution in [1.82, 2.24) is 4.72 Å². The second kappa shape index (κ2) is 9.20. The molecule has 0 saturated carbocycles. The summed E-state index contributed by atoms with van der Waals surface area (Å²) in [6, 6.07) is 16.0. The highest BCUT2D eigenvalue weighted by molar-refractivity contribution is 7.89. The molecule has 0 bridgehead atoms. The van der Waals surface area contributed by atoms with Crippen LogP contribution in [0.3, 0.4) is 0 Å². The van der Waals surface area contributed by atoms with Crippen molar-refractivity contribution in [2.45, 2.75) is 17.6 Å². The van der Waals surface area contributed by atoms with Crippen LogP contribution >= 0.6 is 0 Å². The van der Waals surface area contributed by atoms with Crippen molar-refractivity contribution in [3.63, 3.8) is 0 Å². The maximum Gasteiger partial charge on any atom is 0.416 e. The minimum atomic E-state index is -4.51. The SMILES string of the molecule is O=C(Nc1cccc(S(=O)(=O)NCc2ccco2)c1)c1ccc(-c2cccc(C(F)(F)F)c2)o1. The second-order valence-corrected chi connectivity index (χ2v) is 8.90. The molecule has 2 aromatic carbocycles. The van der Waals surface area contributed by atoms with Gasteiger partial charge in [0.25, 0.3) is 5.91 Å². The van der Waals surface area contributed by atoms with E-state index in [1.165, 1.54) is 54.8 Å². The number of amides is 1. The number of nitrogens with one attached hydrogen (secondary N) is 2. The normalized spacial score (nSPS) is 12.0. The van der Waals surface area contributed by atoms with Gasteiger partial charge in [0, 0.05) is 11.3 Å². The Morgan fingerprint density at radius 3 is 2.47 bits per heavy atom. The van der Waals surface area contributed by atoms with Crippen molar-refractivity contribution in [1.29, 1.82) is 0 Å². The van der Waals surface area contributed by atoms with Gasteiger partial charge in [-0.05, 0) is 54.6 Å². The molecule has 4 rings (SSSR count). The Kier molecular flexibility index (Phi) is 6.31. The molecule has 0 radical (unpaired) electrons. The molecule has 4 aromatic rings. The topological polar surface area (TPSA) is 102 Å². The summed E-state index contributed by atoms with van der Waals surface area (Å²) in [6.07, 6.45) is -3.09. The largest absolute Gasteiger partial charge is 0.468 e. The molecule has 0 aliphatic heterocycles. The van der Waals surface area contributed by atoms with Crippen molar-refractivity contribution in [3.8, 4) is 11.3 Å². The van der Waals surface area contributed by atoms with Gasteiger partial charge in [-0.1, -0.05) is 18.2 Å². The zero-order valence-corrected chi connectivity index (χ0v) is 18.1. The van der Waals surface area contributed by atoms with Crippen molar-refractivity contribution in [2.75, 3.05) is 5.32 Å². The summed E-state index contributed by atoms with van der Waals surface area (Å²) in [6.45, 7) is -0.0450. The molecule has 0 aliphatic rings. The third-order valence-corrected chi connectivity index (χ3v) is 6.12. The zero-order chi connectivity index (χ0) is 24.3. The van der Waals surface area contributed by atoms with E-state index in [-0.39, 0.29) is 34.2 Å². The van der Waals surface area contributed by atoms with Gasteiger partial charge in [-0.25, -0.2) is 13.1 Å². The monoisotopic (exact) mass is 490 g/mol. The van der Waals surface area contributed by atoms with Gasteiger partial charge in [-0.3, -0.25) is 4.79 Å². The highest BCUT2D eigenvalue weighted by Gasteiger charge is 2.30. The molecule has 2 aromatic heterocycles. The molecule has 2 N–H and O–H groups in total. The number of anilines is 1. The van der Waals surface area contributed by atoms with E-state index in [9.17, 15) is 26.4 Å². The van der Waals surface area contributed by atoms with Gasteiger partial charge >= 0.3 is 6.18 Å². The first kappa shape index (κ1) is 23.3. The van der Waals surface area contributed by atoms with Gasteiger partial charge in [-0.2, -0.15) is 13.2 Å². The predicted octanol–water partition coefficient (Wildman–Crippen LogP) is 5.29. The molecule has 11 heteroatoms. The van der Waals surface area contributed by atoms with E-state index in [2.05, 4.69) is 10.0 Å². The van der Waals surface area contributed by atoms with Gasteiger partial charge < -0.3 is 14.2 Å². The number of rotatable bonds is 7. The highest BCUT2D eigenvalue weighted by atomic mass is 32.2. The van der Waals surface area contributed by atoms with Crippen LogP contribution in [-0.4, -0.2) is 14.3 Å². The van der Waals surface area contributed by atoms with Crippen LogP contribution in [0.1, 0.15) is 21.9 Å². The van der Waals surface area contributed by atoms with Crippen LogP contribution in [0.5, 0.6) is 0 Å². The Hall–Kier alpha value is -3.83. The number of alkyl halides is 3. The number of hydrogen-bond acceptors (Lipinski definition) is 5. The molecule has 0 spiro atoms. The Labute approximate surface area is 192 Å². The van der Waals surface area contributed by atoms with E-state index in [1.807, 2.05) is 0 Å². The lowest BCUT2D eigenvalue weighted by Crippen LogP contribution is -2.23. The third kappa shape index (κ3) is 5.38. The van der Waals surface area contributed by atoms with Crippen molar-refractivity contribution in [2.24, 2.45) is 0 Å². The minimum Gasteiger partial charge on any atom is -0.468 e. The van der Waals surface area contributed by atoms with E-state index < -0.39 is 27.7 Å². The summed E-state index contributed by atoms with van der Waals surface area (Å²) < 4.78 is 76.8. The fourth-order valence-electron chi connectivity index (χ4n) is 3.06. The van der Waals surface area contributed by atoms with Crippen LogP contribution in [0.15, 0.2) is 92.8 Å². The quantitative estimate of drug-likeness (QED) is 0.367. The highest BCUT2D eigenvalue weighted by Crippen LogP contribution is 2.32. The minimum absolute atomic E-state index is 0.0450. The molecule has 2 heterocycles. The maximum absolute atomic E-state index is 12.9. The van der Waals surface area contributed by atoms with Crippen LogP contribution in [-0.2, 0) is 22.7 Å². The fourth-order valence-corrected chi connectivity index (χ4v) is 4.10. The van der Waals surface area contributed by atoms with E-state index in [4.69, 9.17) is 8.83 Å². The van der Waals surface area contributed by atoms with Gasteiger partial charge in [-0.15, -0.1) is 0 Å². The van der Waals surface area contributed by atoms with Crippen molar-refractivity contribution >= 4 is 21.6 Å². The summed E-state index contributed by atoms with van der Waals surface area (Å²) in [4.78, 5) is 12.5. The lowest BCUT2D eigenvalue weighted by atomic mass is 10.1. The molecular formula is C23H17F3N2O5S. The number of hydrogen-bond donors (Lipinski definition) is 2. The number of furan rings is 2. The van der Waals surface area contributed by atoms with E-state index >= 15 is 0 Å². The predicted molar refractivity (Wildman–Crippen MR) is 116 cm³/mol.